The van der Waals surface area contributed by atoms with Crippen LogP contribution < -0.4 is 32.1 Å². The Hall–Kier alpha value is -9.20. The number of hydrogen-bond donors (Lipinski definition) is 4. The average Bonchev–Trinajstić information content (AvgIpc) is 1.51. The topological polar surface area (TPSA) is 366 Å². The van der Waals surface area contributed by atoms with E-state index in [4.69, 9.17) is 66.5 Å². The number of imidazole rings is 1. The number of hydrogen-bond acceptors (Lipinski definition) is 24. The number of nitrogens with zero attached hydrogens (tertiary/aromatic N) is 9. The fraction of sp³-hybridized carbons (Fsp3) is 0.406. The van der Waals surface area contributed by atoms with E-state index in [1.54, 1.807) is 58.9 Å². The lowest BCUT2D eigenvalue weighted by Crippen LogP contribution is -2.60. The summed E-state index contributed by atoms with van der Waals surface area (Å²) in [5.74, 6) is -1.63. The van der Waals surface area contributed by atoms with E-state index < -0.39 is 65.0 Å². The van der Waals surface area contributed by atoms with Crippen LogP contribution in [-0.2, 0) is 75.5 Å². The number of aryl methyl sites for hydroxylation is 1. The van der Waals surface area contributed by atoms with E-state index in [9.17, 15) is 43.2 Å². The van der Waals surface area contributed by atoms with Crippen molar-refractivity contribution in [3.05, 3.63) is 152 Å². The van der Waals surface area contributed by atoms with Crippen LogP contribution in [0.1, 0.15) is 77.6 Å². The molecule has 7 atom stereocenters. The number of aliphatic imine (C=N–C) groups is 2. The van der Waals surface area contributed by atoms with E-state index in [1.165, 1.54) is 38.5 Å². The van der Waals surface area contributed by atoms with Crippen molar-refractivity contribution in [2.75, 3.05) is 67.0 Å². The molecule has 0 aliphatic carbocycles. The first kappa shape index (κ1) is 66.3. The molecule has 94 heavy (non-hydrogen) atoms. The van der Waals surface area contributed by atoms with Crippen LogP contribution in [0.5, 0.6) is 40.2 Å². The van der Waals surface area contributed by atoms with E-state index in [2.05, 4.69) is 15.0 Å². The molecule has 496 valence electrons. The van der Waals surface area contributed by atoms with Crippen LogP contribution >= 0.6 is 0 Å². The van der Waals surface area contributed by atoms with Gasteiger partial charge in [-0.3, -0.25) is 24.4 Å². The molecule has 11 rings (SSSR count). The van der Waals surface area contributed by atoms with Gasteiger partial charge in [-0.2, -0.15) is 0 Å². The Morgan fingerprint density at radius 3 is 1.96 bits per heavy atom. The maximum absolute atomic E-state index is 14.4. The van der Waals surface area contributed by atoms with E-state index in [1.807, 2.05) is 35.9 Å². The number of Topliss-reactive ketones (excluding diaryl/α,β-unsaturated/α-hetero) is 1. The zero-order chi connectivity index (χ0) is 66.0. The highest BCUT2D eigenvalue weighted by Crippen LogP contribution is 2.42. The molecule has 29 nitrogen and oxygen atoms in total. The van der Waals surface area contributed by atoms with Gasteiger partial charge in [-0.05, 0) is 89.2 Å². The highest BCUT2D eigenvalue weighted by Gasteiger charge is 2.45. The molecular weight excluding hydrogens is 1250 g/mol. The van der Waals surface area contributed by atoms with Gasteiger partial charge < -0.3 is 85.8 Å². The van der Waals surface area contributed by atoms with Crippen LogP contribution in [0.3, 0.4) is 0 Å². The summed E-state index contributed by atoms with van der Waals surface area (Å²) < 4.78 is 94.2. The number of methoxy groups -OCH3 is 2. The summed E-state index contributed by atoms with van der Waals surface area (Å²) in [7, 11) is -0.532. The van der Waals surface area contributed by atoms with Crippen LogP contribution in [-0.4, -0.2) is 188 Å². The normalized spacial score (nSPS) is 20.2. The predicted molar refractivity (Wildman–Crippen MR) is 333 cm³/mol. The number of fused-ring (bicyclic) bond motifs is 6. The zero-order valence-electron chi connectivity index (χ0n) is 51.4. The van der Waals surface area contributed by atoms with Gasteiger partial charge in [0.15, 0.2) is 40.3 Å². The number of rotatable bonds is 29. The number of amides is 2. The molecule has 5 aromatic carbocycles. The van der Waals surface area contributed by atoms with Crippen molar-refractivity contribution in [2.45, 2.75) is 94.8 Å². The lowest BCUT2D eigenvalue weighted by molar-refractivity contribution is -0.277. The Kier molecular flexibility index (Phi) is 21.0. The first-order valence-corrected chi connectivity index (χ1v) is 31.5. The molecule has 5 aliphatic rings. The number of ketones is 1. The van der Waals surface area contributed by atoms with E-state index in [-0.39, 0.29) is 143 Å². The van der Waals surface area contributed by atoms with Crippen LogP contribution in [0, 0.1) is 0 Å². The molecule has 1 fully saturated rings. The third-order valence-corrected chi connectivity index (χ3v) is 17.1. The number of aromatic nitrogens is 2. The van der Waals surface area contributed by atoms with Gasteiger partial charge in [0.2, 0.25) is 6.29 Å². The molecule has 0 saturated carbocycles. The Balaban J connectivity index is 0.852. The first-order valence-electron chi connectivity index (χ1n) is 30.1. The zero-order valence-corrected chi connectivity index (χ0v) is 52.2. The summed E-state index contributed by atoms with van der Waals surface area (Å²) in [6.45, 7) is 0.976. The van der Waals surface area contributed by atoms with Crippen molar-refractivity contribution in [2.24, 2.45) is 22.1 Å². The molecule has 2 amide bonds. The third-order valence-electron chi connectivity index (χ3n) is 16.3. The minimum absolute atomic E-state index is 0.0412. The third kappa shape index (κ3) is 15.2. The van der Waals surface area contributed by atoms with Crippen LogP contribution in [0.25, 0.3) is 10.4 Å². The van der Waals surface area contributed by atoms with Gasteiger partial charge in [0.1, 0.15) is 43.4 Å². The second-order valence-corrected chi connectivity index (χ2v) is 23.6. The number of benzene rings is 5. The summed E-state index contributed by atoms with van der Waals surface area (Å²) in [6, 6.07) is 21.4. The van der Waals surface area contributed by atoms with Crippen molar-refractivity contribution >= 4 is 51.8 Å². The number of carbonyl (C=O) groups excluding carboxylic acids is 3. The van der Waals surface area contributed by atoms with Gasteiger partial charge >= 0.3 is 10.4 Å². The quantitative estimate of drug-likeness (QED) is 0.0151. The molecule has 30 heteroatoms. The van der Waals surface area contributed by atoms with Crippen LogP contribution in [0.4, 0.5) is 11.4 Å². The molecule has 1 unspecified atom stereocenters. The largest absolute Gasteiger partial charge is 0.501 e. The minimum Gasteiger partial charge on any atom is -0.493 e. The lowest BCUT2D eigenvalue weighted by atomic mass is 9.94. The lowest BCUT2D eigenvalue weighted by Gasteiger charge is -2.39. The molecule has 0 radical (unpaired) electrons. The molecule has 1 saturated heterocycles. The Morgan fingerprint density at radius 2 is 1.32 bits per heavy atom. The maximum atomic E-state index is 14.4. The maximum Gasteiger partial charge on any atom is 0.501 e. The molecule has 0 bridgehead atoms. The first-order chi connectivity index (χ1) is 45.5. The van der Waals surface area contributed by atoms with Crippen molar-refractivity contribution in [1.82, 2.24) is 19.4 Å². The van der Waals surface area contributed by atoms with Crippen molar-refractivity contribution in [3.8, 4) is 40.2 Å². The van der Waals surface area contributed by atoms with Gasteiger partial charge in [0.25, 0.3) is 11.8 Å². The second kappa shape index (κ2) is 29.8. The van der Waals surface area contributed by atoms with Crippen LogP contribution in [0.15, 0.2) is 106 Å². The van der Waals surface area contributed by atoms with E-state index in [0.717, 1.165) is 28.6 Å². The number of azide groups is 1. The van der Waals surface area contributed by atoms with E-state index in [0.29, 0.717) is 47.5 Å². The molecule has 0 spiro atoms. The number of ether oxygens (including phenoxy) is 9. The Morgan fingerprint density at radius 1 is 0.702 bits per heavy atom. The summed E-state index contributed by atoms with van der Waals surface area (Å²) in [6.07, 6.45) is -2.35. The van der Waals surface area contributed by atoms with Gasteiger partial charge in [-0.15, -0.1) is 8.42 Å². The van der Waals surface area contributed by atoms with Crippen molar-refractivity contribution < 1.29 is 94.2 Å². The second-order valence-electron chi connectivity index (χ2n) is 22.5. The van der Waals surface area contributed by atoms with Gasteiger partial charge in [-0.1, -0.05) is 29.4 Å². The standard InChI is InChI=1S/C64H69N9O20S/c1-71-36-68-49-32-73-43(24-50(49)71)30-67-48-28-56(54(84-3)26-46(48)63(73)80)89-35-38-19-37(34-88-55-27-47-45(25-53(55)83-2)62(79)72-31-41-8-5-4-7-39(41)22-42(72)29-66-47)20-44(21-38)92-94(81,82)93-57-23-40(10-11-52(57)90-64-61(78)60(77)59(76)58(33-74)91-64)51(75)9-6-13-85-15-17-87-18-16-86-14-12-69-70-65/h4-5,7-8,10-11,19-21,23,25-30,36,42-43,58-61,64,74,76-78H,6,9,12-18,22,24,31-35H2,1-3H3/t42-,43-,58+,59-,60-,61+,64?/m0/s1. The molecule has 5 aliphatic heterocycles. The van der Waals surface area contributed by atoms with Crippen molar-refractivity contribution in [3.63, 3.8) is 0 Å². The SMILES string of the molecule is COc1cc2c(cc1OCc1cc(COc3cc4c(cc3OC)C(=O)N3Cc5ncn(C)c5C[C@H]3C=N4)cc(OS(=O)(=O)Oc3cc(C(=O)CCCOCCOCCOCCN=[N+]=[N-])ccc3OC3O[C@H](CO)[C@H](O)[C@H](O)[C@H]3O)c1)N=C[C@@H]1Cc3ccccc3CN1C2=O. The monoisotopic (exact) mass is 1320 g/mol. The van der Waals surface area contributed by atoms with E-state index >= 15 is 0 Å². The summed E-state index contributed by atoms with van der Waals surface area (Å²) >= 11 is 0. The smallest absolute Gasteiger partial charge is 0.493 e. The molecular formula is C64H69N9O20S. The van der Waals surface area contributed by atoms with Crippen LogP contribution in [0.2, 0.25) is 0 Å². The molecule has 1 aromatic heterocycles. The summed E-state index contributed by atoms with van der Waals surface area (Å²) in [4.78, 5) is 62.2. The highest BCUT2D eigenvalue weighted by atomic mass is 32.3. The molecule has 6 aromatic rings. The van der Waals surface area contributed by atoms with Gasteiger partial charge in [0, 0.05) is 80.3 Å². The van der Waals surface area contributed by atoms with Gasteiger partial charge in [0.05, 0.1) is 107 Å². The number of aliphatic hydroxyl groups excluding tert-OH is 4. The van der Waals surface area contributed by atoms with Crippen molar-refractivity contribution in [1.29, 1.82) is 0 Å². The molecule has 4 N–H and O–H groups in total. The number of carbonyl (C=O) groups is 3. The highest BCUT2D eigenvalue weighted by molar-refractivity contribution is 7.82. The predicted octanol–water partition coefficient (Wildman–Crippen LogP) is 5.37. The minimum atomic E-state index is -5.27. The molecule has 6 heterocycles. The van der Waals surface area contributed by atoms with Gasteiger partial charge in [-0.25, -0.2) is 4.98 Å². The fourth-order valence-electron chi connectivity index (χ4n) is 11.4. The fourth-order valence-corrected chi connectivity index (χ4v) is 12.1. The average molecular weight is 1320 g/mol. The Bertz CT molecular complexity index is 4010. The summed E-state index contributed by atoms with van der Waals surface area (Å²) in [5, 5.41) is 45.3. The Labute approximate surface area is 539 Å². The summed E-state index contributed by atoms with van der Waals surface area (Å²) in [5.41, 5.74) is 14.1. The number of aliphatic hydroxyl groups is 4.